The third kappa shape index (κ3) is 5.19. The lowest BCUT2D eigenvalue weighted by Gasteiger charge is -2.16. The van der Waals surface area contributed by atoms with Gasteiger partial charge in [0.05, 0.1) is 17.2 Å². The molecule has 11 nitrogen and oxygen atoms in total. The van der Waals surface area contributed by atoms with E-state index in [0.29, 0.717) is 36.0 Å². The molecule has 1 atom stereocenters. The predicted octanol–water partition coefficient (Wildman–Crippen LogP) is 4.62. The molecule has 1 fully saturated rings. The number of nitrogens with zero attached hydrogens (tertiary/aromatic N) is 8. The molecule has 0 bridgehead atoms. The molecule has 3 aromatic heterocycles. The first-order valence-electron chi connectivity index (χ1n) is 13.4. The number of nitrogens with one attached hydrogen (secondary N) is 1. The molecule has 0 radical (unpaired) electrons. The van der Waals surface area contributed by atoms with Crippen molar-refractivity contribution in [3.05, 3.63) is 72.2 Å². The first-order valence-corrected chi connectivity index (χ1v) is 13.4. The number of pyridine rings is 1. The summed E-state index contributed by atoms with van der Waals surface area (Å²) in [6.07, 6.45) is 5.20. The molecule has 1 aliphatic heterocycles. The average Bonchev–Trinajstić information content (AvgIpc) is 3.46. The molecule has 1 unspecified atom stereocenters. The SMILES string of the molecule is Cc1cc(Nc2ncnc3cnc(N4CC(C)/C(=C\CN(C)C)C4=O)cc23)ccc1Oc1ccc2c(c1)nnn2C. The second kappa shape index (κ2) is 10.6. The van der Waals surface area contributed by atoms with Crippen LogP contribution in [0.15, 0.2) is 66.6 Å². The summed E-state index contributed by atoms with van der Waals surface area (Å²) in [5.74, 6) is 2.74. The highest BCUT2D eigenvalue weighted by Crippen LogP contribution is 2.33. The molecule has 2 aromatic carbocycles. The number of anilines is 3. The lowest BCUT2D eigenvalue weighted by atomic mass is 10.0. The van der Waals surface area contributed by atoms with Crippen LogP contribution in [0.25, 0.3) is 21.9 Å². The van der Waals surface area contributed by atoms with Gasteiger partial charge in [0.25, 0.3) is 5.91 Å². The van der Waals surface area contributed by atoms with Crippen LogP contribution in [0.1, 0.15) is 12.5 Å². The van der Waals surface area contributed by atoms with Crippen LogP contribution in [-0.4, -0.2) is 67.9 Å². The van der Waals surface area contributed by atoms with Crippen LogP contribution in [0.3, 0.4) is 0 Å². The van der Waals surface area contributed by atoms with Crippen molar-refractivity contribution in [3.8, 4) is 11.5 Å². The zero-order valence-electron chi connectivity index (χ0n) is 23.7. The second-order valence-electron chi connectivity index (χ2n) is 10.6. The summed E-state index contributed by atoms with van der Waals surface area (Å²) in [5, 5.41) is 12.4. The van der Waals surface area contributed by atoms with Gasteiger partial charge >= 0.3 is 0 Å². The number of likely N-dealkylation sites (N-methyl/N-ethyl adjacent to an activating group) is 1. The van der Waals surface area contributed by atoms with E-state index in [1.54, 1.807) is 15.8 Å². The van der Waals surface area contributed by atoms with Crippen molar-refractivity contribution in [1.29, 1.82) is 0 Å². The summed E-state index contributed by atoms with van der Waals surface area (Å²) < 4.78 is 7.88. The number of benzene rings is 2. The summed E-state index contributed by atoms with van der Waals surface area (Å²) in [6.45, 7) is 5.35. The maximum Gasteiger partial charge on any atom is 0.255 e. The Kier molecular flexibility index (Phi) is 6.80. The second-order valence-corrected chi connectivity index (χ2v) is 10.6. The molecule has 6 rings (SSSR count). The zero-order valence-corrected chi connectivity index (χ0v) is 23.7. The minimum absolute atomic E-state index is 0.0118. The van der Waals surface area contributed by atoms with Gasteiger partial charge in [0.15, 0.2) is 0 Å². The molecule has 1 amide bonds. The number of amides is 1. The van der Waals surface area contributed by atoms with Crippen molar-refractivity contribution in [2.45, 2.75) is 13.8 Å². The summed E-state index contributed by atoms with van der Waals surface area (Å²) >= 11 is 0. The minimum Gasteiger partial charge on any atom is -0.457 e. The van der Waals surface area contributed by atoms with Crippen LogP contribution in [0.5, 0.6) is 11.5 Å². The highest BCUT2D eigenvalue weighted by atomic mass is 16.5. The lowest BCUT2D eigenvalue weighted by molar-refractivity contribution is -0.114. The molecule has 11 heteroatoms. The van der Waals surface area contributed by atoms with E-state index in [1.165, 1.54) is 6.33 Å². The maximum atomic E-state index is 13.2. The molecular weight excluding hydrogens is 518 g/mol. The first kappa shape index (κ1) is 26.3. The van der Waals surface area contributed by atoms with E-state index < -0.39 is 0 Å². The first-order chi connectivity index (χ1) is 19.8. The smallest absolute Gasteiger partial charge is 0.255 e. The highest BCUT2D eigenvalue weighted by Gasteiger charge is 2.34. The third-order valence-corrected chi connectivity index (χ3v) is 7.19. The standard InChI is InChI=1S/C30H31N9O2/c1-18-12-20(6-9-27(18)41-21-7-8-26-24(13-21)35-36-38(26)5)34-29-23-14-28(31-15-25(23)32-17-33-29)39-16-19(2)22(30(39)40)10-11-37(3)4/h6-10,12-15,17,19H,11,16H2,1-5H3,(H,32,33,34)/b22-10+. The lowest BCUT2D eigenvalue weighted by Crippen LogP contribution is -2.26. The van der Waals surface area contributed by atoms with E-state index in [9.17, 15) is 4.79 Å². The molecule has 1 aliphatic rings. The molecule has 5 aromatic rings. The summed E-state index contributed by atoms with van der Waals surface area (Å²) in [5.41, 5.74) is 5.01. The fraction of sp³-hybridized carbons (Fsp3) is 0.267. The van der Waals surface area contributed by atoms with Crippen LogP contribution in [0.4, 0.5) is 17.3 Å². The average molecular weight is 550 g/mol. The highest BCUT2D eigenvalue weighted by molar-refractivity contribution is 6.09. The number of ether oxygens (including phenoxy) is 1. The van der Waals surface area contributed by atoms with Gasteiger partial charge in [0.1, 0.15) is 35.0 Å². The summed E-state index contributed by atoms with van der Waals surface area (Å²) in [7, 11) is 5.83. The Morgan fingerprint density at radius 3 is 2.76 bits per heavy atom. The topological polar surface area (TPSA) is 114 Å². The largest absolute Gasteiger partial charge is 0.457 e. The van der Waals surface area contributed by atoms with Gasteiger partial charge in [-0.3, -0.25) is 9.69 Å². The quantitative estimate of drug-likeness (QED) is 0.290. The molecule has 4 heterocycles. The van der Waals surface area contributed by atoms with Gasteiger partial charge in [-0.2, -0.15) is 0 Å². The van der Waals surface area contributed by atoms with Gasteiger partial charge < -0.3 is 15.0 Å². The predicted molar refractivity (Wildman–Crippen MR) is 159 cm³/mol. The zero-order chi connectivity index (χ0) is 28.7. The van der Waals surface area contributed by atoms with Crippen LogP contribution >= 0.6 is 0 Å². The van der Waals surface area contributed by atoms with Gasteiger partial charge in [0.2, 0.25) is 0 Å². The Hall–Kier alpha value is -4.90. The maximum absolute atomic E-state index is 13.2. The van der Waals surface area contributed by atoms with Gasteiger partial charge in [0, 0.05) is 48.8 Å². The number of fused-ring (bicyclic) bond motifs is 2. The normalized spacial score (nSPS) is 16.4. The van der Waals surface area contributed by atoms with Gasteiger partial charge in [-0.25, -0.2) is 19.6 Å². The number of carbonyl (C=O) groups excluding carboxylic acids is 1. The molecular formula is C30H31N9O2. The molecule has 0 saturated carbocycles. The third-order valence-electron chi connectivity index (χ3n) is 7.19. The van der Waals surface area contributed by atoms with E-state index in [2.05, 4.69) is 37.5 Å². The molecule has 41 heavy (non-hydrogen) atoms. The van der Waals surface area contributed by atoms with Crippen molar-refractivity contribution in [1.82, 2.24) is 34.8 Å². The van der Waals surface area contributed by atoms with Crippen LogP contribution in [0, 0.1) is 12.8 Å². The van der Waals surface area contributed by atoms with Crippen molar-refractivity contribution in [3.63, 3.8) is 0 Å². The Balaban J connectivity index is 1.24. The Morgan fingerprint density at radius 2 is 1.95 bits per heavy atom. The van der Waals surface area contributed by atoms with E-state index in [1.807, 2.05) is 81.5 Å². The van der Waals surface area contributed by atoms with E-state index in [4.69, 9.17) is 4.74 Å². The minimum atomic E-state index is -0.0118. The Labute approximate surface area is 237 Å². The number of aromatic nitrogens is 6. The molecule has 208 valence electrons. The monoisotopic (exact) mass is 549 g/mol. The number of hydrogen-bond acceptors (Lipinski definition) is 9. The van der Waals surface area contributed by atoms with Gasteiger partial charge in [-0.1, -0.05) is 18.2 Å². The van der Waals surface area contributed by atoms with E-state index in [-0.39, 0.29) is 11.8 Å². The number of hydrogen-bond donors (Lipinski definition) is 1. The summed E-state index contributed by atoms with van der Waals surface area (Å²) in [6, 6.07) is 13.5. The number of aryl methyl sites for hydroxylation is 2. The molecule has 1 N–H and O–H groups in total. The van der Waals surface area contributed by atoms with Crippen molar-refractivity contribution in [2.75, 3.05) is 37.4 Å². The van der Waals surface area contributed by atoms with Crippen LogP contribution in [-0.2, 0) is 11.8 Å². The van der Waals surface area contributed by atoms with Crippen LogP contribution < -0.4 is 15.0 Å². The fourth-order valence-corrected chi connectivity index (χ4v) is 4.97. The van der Waals surface area contributed by atoms with E-state index >= 15 is 0 Å². The summed E-state index contributed by atoms with van der Waals surface area (Å²) in [4.78, 5) is 30.5. The molecule has 0 spiro atoms. The van der Waals surface area contributed by atoms with Gasteiger partial charge in [-0.05, 0) is 63.0 Å². The van der Waals surface area contributed by atoms with Crippen molar-refractivity contribution in [2.24, 2.45) is 13.0 Å². The Morgan fingerprint density at radius 1 is 1.10 bits per heavy atom. The number of carbonyl (C=O) groups is 1. The molecule has 1 saturated heterocycles. The molecule has 0 aliphatic carbocycles. The van der Waals surface area contributed by atoms with Crippen LogP contribution in [0.2, 0.25) is 0 Å². The van der Waals surface area contributed by atoms with E-state index in [0.717, 1.165) is 39.0 Å². The Bertz CT molecular complexity index is 1810. The fourth-order valence-electron chi connectivity index (χ4n) is 4.97. The van der Waals surface area contributed by atoms with Crippen molar-refractivity contribution >= 4 is 45.2 Å². The number of rotatable bonds is 7. The van der Waals surface area contributed by atoms with Gasteiger partial charge in [-0.15, -0.1) is 5.10 Å². The van der Waals surface area contributed by atoms with Crippen molar-refractivity contribution < 1.29 is 9.53 Å².